The van der Waals surface area contributed by atoms with Gasteiger partial charge in [-0.05, 0) is 24.5 Å². The lowest BCUT2D eigenvalue weighted by molar-refractivity contribution is -0.151. The summed E-state index contributed by atoms with van der Waals surface area (Å²) in [6, 6.07) is 0.401. The minimum absolute atomic E-state index is 0.0666. The van der Waals surface area contributed by atoms with Crippen LogP contribution in [-0.4, -0.2) is 60.7 Å². The molecule has 2 saturated heterocycles. The number of piperazine rings is 1. The third-order valence-electron chi connectivity index (χ3n) is 3.90. The molecule has 2 atom stereocenters. The van der Waals surface area contributed by atoms with E-state index in [0.717, 1.165) is 25.4 Å². The fourth-order valence-electron chi connectivity index (χ4n) is 3.05. The molecule has 2 fully saturated rings. The number of esters is 1. The average molecular weight is 286 g/mol. The van der Waals surface area contributed by atoms with Gasteiger partial charge in [0.05, 0.1) is 6.61 Å². The summed E-state index contributed by atoms with van der Waals surface area (Å²) in [5.41, 5.74) is 0.373. The van der Waals surface area contributed by atoms with Gasteiger partial charge in [0.15, 0.2) is 0 Å². The number of thioether (sulfide) groups is 1. The van der Waals surface area contributed by atoms with Gasteiger partial charge in [0.25, 0.3) is 0 Å². The van der Waals surface area contributed by atoms with Gasteiger partial charge < -0.3 is 10.1 Å². The summed E-state index contributed by atoms with van der Waals surface area (Å²) in [7, 11) is 0. The Kier molecular flexibility index (Phi) is 5.15. The van der Waals surface area contributed by atoms with E-state index in [-0.39, 0.29) is 12.0 Å². The second-order valence-electron chi connectivity index (χ2n) is 6.25. The van der Waals surface area contributed by atoms with Crippen LogP contribution in [0.4, 0.5) is 0 Å². The van der Waals surface area contributed by atoms with Gasteiger partial charge >= 0.3 is 5.97 Å². The predicted octanol–water partition coefficient (Wildman–Crippen LogP) is 1.36. The molecule has 110 valence electrons. The van der Waals surface area contributed by atoms with Crippen molar-refractivity contribution < 1.29 is 9.53 Å². The summed E-state index contributed by atoms with van der Waals surface area (Å²) in [5, 5.41) is 3.31. The van der Waals surface area contributed by atoms with Gasteiger partial charge in [-0.2, -0.15) is 11.8 Å². The van der Waals surface area contributed by atoms with Crippen LogP contribution in [0.1, 0.15) is 27.2 Å². The molecule has 0 aromatic rings. The van der Waals surface area contributed by atoms with Crippen molar-refractivity contribution in [3.05, 3.63) is 0 Å². The minimum Gasteiger partial charge on any atom is -0.465 e. The number of hydrogen-bond donors (Lipinski definition) is 1. The van der Waals surface area contributed by atoms with Crippen molar-refractivity contribution in [2.75, 3.05) is 37.7 Å². The Balaban J connectivity index is 2.04. The molecule has 0 aromatic heterocycles. The van der Waals surface area contributed by atoms with Crippen LogP contribution < -0.4 is 5.32 Å². The SMILES string of the molecule is CCOC(=O)C1CNCCN1C1CSCC(C)(C)C1. The number of hydrogen-bond acceptors (Lipinski definition) is 5. The van der Waals surface area contributed by atoms with Crippen LogP contribution in [0.25, 0.3) is 0 Å². The Morgan fingerprint density at radius 1 is 1.53 bits per heavy atom. The molecule has 2 aliphatic rings. The van der Waals surface area contributed by atoms with Gasteiger partial charge in [-0.3, -0.25) is 9.69 Å². The van der Waals surface area contributed by atoms with Crippen LogP contribution in [0.15, 0.2) is 0 Å². The van der Waals surface area contributed by atoms with E-state index in [0.29, 0.717) is 18.1 Å². The summed E-state index contributed by atoms with van der Waals surface area (Å²) in [6.45, 7) is 9.64. The van der Waals surface area contributed by atoms with Gasteiger partial charge in [-0.25, -0.2) is 0 Å². The number of carbonyl (C=O) groups is 1. The van der Waals surface area contributed by atoms with Crippen LogP contribution in [-0.2, 0) is 9.53 Å². The Hall–Kier alpha value is -0.260. The van der Waals surface area contributed by atoms with Crippen LogP contribution in [0.2, 0.25) is 0 Å². The van der Waals surface area contributed by atoms with Crippen molar-refractivity contribution in [2.24, 2.45) is 5.41 Å². The number of carbonyl (C=O) groups excluding carboxylic acids is 1. The van der Waals surface area contributed by atoms with Crippen molar-refractivity contribution in [2.45, 2.75) is 39.3 Å². The first-order chi connectivity index (χ1) is 9.03. The maximum atomic E-state index is 12.1. The third-order valence-corrected chi connectivity index (χ3v) is 5.51. The lowest BCUT2D eigenvalue weighted by Crippen LogP contribution is -2.60. The van der Waals surface area contributed by atoms with E-state index >= 15 is 0 Å². The first-order valence-electron chi connectivity index (χ1n) is 7.24. The maximum Gasteiger partial charge on any atom is 0.324 e. The summed E-state index contributed by atoms with van der Waals surface area (Å²) in [4.78, 5) is 14.5. The third kappa shape index (κ3) is 3.86. The fraction of sp³-hybridized carbons (Fsp3) is 0.929. The second kappa shape index (κ2) is 6.46. The van der Waals surface area contributed by atoms with Gasteiger partial charge in [-0.1, -0.05) is 13.8 Å². The number of nitrogens with one attached hydrogen (secondary N) is 1. The lowest BCUT2D eigenvalue weighted by Gasteiger charge is -2.45. The van der Waals surface area contributed by atoms with E-state index in [1.165, 1.54) is 12.2 Å². The normalized spacial score (nSPS) is 31.9. The molecule has 0 amide bonds. The fourth-order valence-corrected chi connectivity index (χ4v) is 4.42. The topological polar surface area (TPSA) is 41.6 Å². The van der Waals surface area contributed by atoms with Crippen molar-refractivity contribution in [1.82, 2.24) is 10.2 Å². The quantitative estimate of drug-likeness (QED) is 0.793. The second-order valence-corrected chi connectivity index (χ2v) is 7.28. The highest BCUT2D eigenvalue weighted by Crippen LogP contribution is 2.36. The minimum atomic E-state index is -0.104. The molecule has 2 rings (SSSR count). The largest absolute Gasteiger partial charge is 0.465 e. The summed E-state index contributed by atoms with van der Waals surface area (Å²) in [5.74, 6) is 2.29. The Morgan fingerprint density at radius 2 is 2.32 bits per heavy atom. The van der Waals surface area contributed by atoms with E-state index in [9.17, 15) is 4.79 Å². The molecular formula is C14H26N2O2S. The molecule has 1 N–H and O–H groups in total. The molecule has 0 radical (unpaired) electrons. The lowest BCUT2D eigenvalue weighted by atomic mass is 9.86. The van der Waals surface area contributed by atoms with E-state index in [2.05, 4.69) is 24.1 Å². The van der Waals surface area contributed by atoms with E-state index in [1.807, 2.05) is 18.7 Å². The first-order valence-corrected chi connectivity index (χ1v) is 8.40. The van der Waals surface area contributed by atoms with Crippen LogP contribution in [0.5, 0.6) is 0 Å². The van der Waals surface area contributed by atoms with Crippen LogP contribution in [0, 0.1) is 5.41 Å². The summed E-state index contributed by atoms with van der Waals surface area (Å²) < 4.78 is 5.23. The van der Waals surface area contributed by atoms with Gasteiger partial charge in [0.2, 0.25) is 0 Å². The van der Waals surface area contributed by atoms with Gasteiger partial charge in [0.1, 0.15) is 6.04 Å². The standard InChI is InChI=1S/C14H26N2O2S/c1-4-18-13(17)12-8-15-5-6-16(12)11-7-14(2,3)10-19-9-11/h11-12,15H,4-10H2,1-3H3. The highest BCUT2D eigenvalue weighted by atomic mass is 32.2. The average Bonchev–Trinajstić information content (AvgIpc) is 2.38. The molecule has 0 aliphatic carbocycles. The number of ether oxygens (including phenoxy) is 1. The zero-order chi connectivity index (χ0) is 13.9. The molecule has 0 spiro atoms. The molecule has 5 heteroatoms. The Bertz CT molecular complexity index is 323. The highest BCUT2D eigenvalue weighted by molar-refractivity contribution is 7.99. The Morgan fingerprint density at radius 3 is 3.00 bits per heavy atom. The Labute approximate surface area is 120 Å². The van der Waals surface area contributed by atoms with E-state index in [1.54, 1.807) is 0 Å². The monoisotopic (exact) mass is 286 g/mol. The van der Waals surface area contributed by atoms with Crippen molar-refractivity contribution >= 4 is 17.7 Å². The first kappa shape index (κ1) is 15.1. The molecule has 2 unspecified atom stereocenters. The zero-order valence-electron chi connectivity index (χ0n) is 12.3. The molecule has 0 saturated carbocycles. The smallest absolute Gasteiger partial charge is 0.324 e. The van der Waals surface area contributed by atoms with Crippen molar-refractivity contribution in [3.63, 3.8) is 0 Å². The van der Waals surface area contributed by atoms with Gasteiger partial charge in [-0.15, -0.1) is 0 Å². The summed E-state index contributed by atoms with van der Waals surface area (Å²) >= 11 is 2.02. The molecule has 19 heavy (non-hydrogen) atoms. The molecule has 0 bridgehead atoms. The number of nitrogens with zero attached hydrogens (tertiary/aromatic N) is 1. The highest BCUT2D eigenvalue weighted by Gasteiger charge is 2.38. The van der Waals surface area contributed by atoms with Crippen molar-refractivity contribution in [1.29, 1.82) is 0 Å². The van der Waals surface area contributed by atoms with Crippen molar-refractivity contribution in [3.8, 4) is 0 Å². The molecular weight excluding hydrogens is 260 g/mol. The van der Waals surface area contributed by atoms with Gasteiger partial charge in [0, 0.05) is 31.4 Å². The molecule has 4 nitrogen and oxygen atoms in total. The predicted molar refractivity (Wildman–Crippen MR) is 79.5 cm³/mol. The van der Waals surface area contributed by atoms with E-state index in [4.69, 9.17) is 4.74 Å². The van der Waals surface area contributed by atoms with E-state index < -0.39 is 0 Å². The molecule has 0 aromatic carbocycles. The van der Waals surface area contributed by atoms with Crippen LogP contribution in [0.3, 0.4) is 0 Å². The summed E-state index contributed by atoms with van der Waals surface area (Å²) in [6.07, 6.45) is 1.18. The zero-order valence-corrected chi connectivity index (χ0v) is 13.1. The molecule has 2 heterocycles. The molecule has 2 aliphatic heterocycles. The van der Waals surface area contributed by atoms with Crippen LogP contribution >= 0.6 is 11.8 Å². The maximum absolute atomic E-state index is 12.1. The number of rotatable bonds is 3.